The van der Waals surface area contributed by atoms with Crippen LogP contribution in [0.25, 0.3) is 0 Å². The van der Waals surface area contributed by atoms with Crippen LogP contribution in [0.5, 0.6) is 0 Å². The van der Waals surface area contributed by atoms with Gasteiger partial charge in [-0.15, -0.1) is 0 Å². The molecule has 94 valence electrons. The third-order valence-corrected chi connectivity index (χ3v) is 4.22. The Morgan fingerprint density at radius 3 is 2.18 bits per heavy atom. The molecule has 0 amide bonds. The van der Waals surface area contributed by atoms with Crippen molar-refractivity contribution in [1.82, 2.24) is 0 Å². The molecule has 1 fully saturated rings. The average molecular weight is 232 g/mol. The van der Waals surface area contributed by atoms with E-state index in [1.54, 1.807) is 0 Å². The minimum Gasteiger partial charge on any atom is -0.385 e. The molecule has 0 spiro atoms. The first-order valence-electron chi connectivity index (χ1n) is 6.71. The molecule has 1 nitrogen and oxygen atoms in total. The smallest absolute Gasteiger partial charge is 0.0901 e. The number of aliphatic hydroxyl groups is 1. The lowest BCUT2D eigenvalue weighted by atomic mass is 9.70. The number of benzene rings is 1. The van der Waals surface area contributed by atoms with E-state index in [9.17, 15) is 5.11 Å². The summed E-state index contributed by atoms with van der Waals surface area (Å²) in [5.41, 5.74) is 3.09. The Morgan fingerprint density at radius 1 is 1.06 bits per heavy atom. The van der Waals surface area contributed by atoms with Gasteiger partial charge in [0.05, 0.1) is 5.60 Å². The lowest BCUT2D eigenvalue weighted by molar-refractivity contribution is -0.0363. The highest BCUT2D eigenvalue weighted by atomic mass is 16.3. The first-order chi connectivity index (χ1) is 7.90. The molecule has 1 heteroatoms. The maximum absolute atomic E-state index is 10.9. The topological polar surface area (TPSA) is 20.2 Å². The van der Waals surface area contributed by atoms with Crippen LogP contribution in [-0.2, 0) is 5.60 Å². The van der Waals surface area contributed by atoms with Crippen molar-refractivity contribution in [2.45, 2.75) is 52.6 Å². The Morgan fingerprint density at radius 2 is 1.65 bits per heavy atom. The quantitative estimate of drug-likeness (QED) is 0.777. The van der Waals surface area contributed by atoms with E-state index in [1.807, 2.05) is 0 Å². The van der Waals surface area contributed by atoms with Crippen LogP contribution in [0, 0.1) is 25.7 Å². The molecule has 1 aliphatic carbocycles. The number of aryl methyl sites for hydroxylation is 2. The lowest BCUT2D eigenvalue weighted by Crippen LogP contribution is -2.35. The number of hydrogen-bond donors (Lipinski definition) is 1. The van der Waals surface area contributed by atoms with Gasteiger partial charge in [0.15, 0.2) is 0 Å². The highest BCUT2D eigenvalue weighted by Gasteiger charge is 2.37. The van der Waals surface area contributed by atoms with Gasteiger partial charge in [-0.3, -0.25) is 0 Å². The molecule has 1 saturated carbocycles. The van der Waals surface area contributed by atoms with Gasteiger partial charge in [-0.05, 0) is 61.6 Å². The van der Waals surface area contributed by atoms with Crippen LogP contribution in [0.4, 0.5) is 0 Å². The Balaban J connectivity index is 2.33. The molecular formula is C16H24O. The molecule has 2 rings (SSSR count). The SMILES string of the molecule is Cc1ccc(C2(O)CC(C)CC(C)C2)cc1C. The first kappa shape index (κ1) is 12.6. The van der Waals surface area contributed by atoms with E-state index >= 15 is 0 Å². The van der Waals surface area contributed by atoms with Gasteiger partial charge in [-0.1, -0.05) is 32.0 Å². The molecule has 0 saturated heterocycles. The Labute approximate surface area is 105 Å². The monoisotopic (exact) mass is 232 g/mol. The third kappa shape index (κ3) is 2.55. The number of rotatable bonds is 1. The highest BCUT2D eigenvalue weighted by molar-refractivity contribution is 5.33. The summed E-state index contributed by atoms with van der Waals surface area (Å²) in [5.74, 6) is 1.23. The highest BCUT2D eigenvalue weighted by Crippen LogP contribution is 2.42. The fourth-order valence-electron chi connectivity index (χ4n) is 3.36. The Bertz CT molecular complexity index is 398. The van der Waals surface area contributed by atoms with Crippen molar-refractivity contribution in [3.05, 3.63) is 34.9 Å². The van der Waals surface area contributed by atoms with Gasteiger partial charge in [0, 0.05) is 0 Å². The molecule has 2 unspecified atom stereocenters. The molecule has 0 radical (unpaired) electrons. The van der Waals surface area contributed by atoms with Crippen LogP contribution in [0.3, 0.4) is 0 Å². The van der Waals surface area contributed by atoms with Crippen molar-refractivity contribution in [1.29, 1.82) is 0 Å². The summed E-state index contributed by atoms with van der Waals surface area (Å²) in [4.78, 5) is 0. The molecule has 0 heterocycles. The fourth-order valence-corrected chi connectivity index (χ4v) is 3.36. The molecule has 17 heavy (non-hydrogen) atoms. The van der Waals surface area contributed by atoms with Gasteiger partial charge < -0.3 is 5.11 Å². The van der Waals surface area contributed by atoms with Gasteiger partial charge in [0.25, 0.3) is 0 Å². The van der Waals surface area contributed by atoms with E-state index in [0.717, 1.165) is 18.4 Å². The van der Waals surface area contributed by atoms with E-state index in [-0.39, 0.29) is 0 Å². The van der Waals surface area contributed by atoms with Crippen LogP contribution < -0.4 is 0 Å². The van der Waals surface area contributed by atoms with E-state index < -0.39 is 5.60 Å². The average Bonchev–Trinajstić information content (AvgIpc) is 2.19. The second-order valence-electron chi connectivity index (χ2n) is 6.18. The van der Waals surface area contributed by atoms with Crippen LogP contribution in [-0.4, -0.2) is 5.11 Å². The molecule has 1 aromatic rings. The fraction of sp³-hybridized carbons (Fsp3) is 0.625. The zero-order valence-corrected chi connectivity index (χ0v) is 11.5. The summed E-state index contributed by atoms with van der Waals surface area (Å²) in [7, 11) is 0. The van der Waals surface area contributed by atoms with E-state index in [2.05, 4.69) is 45.9 Å². The van der Waals surface area contributed by atoms with Gasteiger partial charge >= 0.3 is 0 Å². The largest absolute Gasteiger partial charge is 0.385 e. The van der Waals surface area contributed by atoms with Crippen molar-refractivity contribution in [3.8, 4) is 0 Å². The third-order valence-electron chi connectivity index (χ3n) is 4.22. The summed E-state index contributed by atoms with van der Waals surface area (Å²) in [6.45, 7) is 8.75. The van der Waals surface area contributed by atoms with Gasteiger partial charge in [-0.25, -0.2) is 0 Å². The van der Waals surface area contributed by atoms with Crippen LogP contribution >= 0.6 is 0 Å². The lowest BCUT2D eigenvalue weighted by Gasteiger charge is -2.39. The standard InChI is InChI=1S/C16H24O/c1-11-7-12(2)10-16(17,9-11)15-6-5-13(3)14(4)8-15/h5-6,8,11-12,17H,7,9-10H2,1-4H3. The summed E-state index contributed by atoms with van der Waals surface area (Å²) >= 11 is 0. The van der Waals surface area contributed by atoms with Crippen LogP contribution in [0.2, 0.25) is 0 Å². The predicted molar refractivity (Wildman–Crippen MR) is 72.0 cm³/mol. The molecule has 0 aliphatic heterocycles. The summed E-state index contributed by atoms with van der Waals surface area (Å²) in [6.07, 6.45) is 3.05. The second-order valence-corrected chi connectivity index (χ2v) is 6.18. The maximum atomic E-state index is 10.9. The summed E-state index contributed by atoms with van der Waals surface area (Å²) in [5, 5.41) is 10.9. The molecular weight excluding hydrogens is 208 g/mol. The molecule has 1 aromatic carbocycles. The normalized spacial score (nSPS) is 33.7. The van der Waals surface area contributed by atoms with E-state index in [4.69, 9.17) is 0 Å². The zero-order valence-electron chi connectivity index (χ0n) is 11.5. The van der Waals surface area contributed by atoms with Crippen molar-refractivity contribution in [2.24, 2.45) is 11.8 Å². The van der Waals surface area contributed by atoms with Gasteiger partial charge in [0.1, 0.15) is 0 Å². The molecule has 0 aromatic heterocycles. The first-order valence-corrected chi connectivity index (χ1v) is 6.71. The van der Waals surface area contributed by atoms with Crippen LogP contribution in [0.1, 0.15) is 49.8 Å². The van der Waals surface area contributed by atoms with Crippen molar-refractivity contribution in [2.75, 3.05) is 0 Å². The molecule has 1 aliphatic rings. The minimum absolute atomic E-state index is 0.602. The maximum Gasteiger partial charge on any atom is 0.0901 e. The molecule has 2 atom stereocenters. The summed E-state index contributed by atoms with van der Waals surface area (Å²) < 4.78 is 0. The molecule has 0 bridgehead atoms. The van der Waals surface area contributed by atoms with E-state index in [0.29, 0.717) is 11.8 Å². The van der Waals surface area contributed by atoms with Gasteiger partial charge in [0.2, 0.25) is 0 Å². The van der Waals surface area contributed by atoms with E-state index in [1.165, 1.54) is 17.5 Å². The zero-order chi connectivity index (χ0) is 12.6. The second kappa shape index (κ2) is 4.45. The Kier molecular flexibility index (Phi) is 3.31. The molecule has 1 N–H and O–H groups in total. The van der Waals surface area contributed by atoms with Crippen molar-refractivity contribution < 1.29 is 5.11 Å². The van der Waals surface area contributed by atoms with Crippen molar-refractivity contribution >= 4 is 0 Å². The van der Waals surface area contributed by atoms with Crippen molar-refractivity contribution in [3.63, 3.8) is 0 Å². The summed E-state index contributed by atoms with van der Waals surface area (Å²) in [6, 6.07) is 6.40. The van der Waals surface area contributed by atoms with Crippen LogP contribution in [0.15, 0.2) is 18.2 Å². The predicted octanol–water partition coefficient (Wildman–Crippen LogP) is 3.95. The van der Waals surface area contributed by atoms with Gasteiger partial charge in [-0.2, -0.15) is 0 Å². The number of hydrogen-bond acceptors (Lipinski definition) is 1. The Hall–Kier alpha value is -0.820. The minimum atomic E-state index is -0.602.